The van der Waals surface area contributed by atoms with Gasteiger partial charge in [-0.2, -0.15) is 0 Å². The molecule has 2 aromatic carbocycles. The standard InChI is InChI=1S/C20H23N3O3S/c1-26-18-12-15(27-2)9-10-16(18)20(25)22-21-19(24)13-23-11-5-7-14-6-3-4-8-17(14)23/h3-4,6,8-10,12H,5,7,11,13H2,1-2H3,(H,21,24)(H,22,25). The smallest absolute Gasteiger partial charge is 0.273 e. The van der Waals surface area contributed by atoms with Crippen molar-refractivity contribution < 1.29 is 14.3 Å². The van der Waals surface area contributed by atoms with Crippen LogP contribution >= 0.6 is 11.8 Å². The van der Waals surface area contributed by atoms with E-state index in [0.717, 1.165) is 30.0 Å². The van der Waals surface area contributed by atoms with Crippen molar-refractivity contribution in [1.82, 2.24) is 10.9 Å². The average molecular weight is 385 g/mol. The van der Waals surface area contributed by atoms with E-state index in [4.69, 9.17) is 4.74 Å². The van der Waals surface area contributed by atoms with Crippen molar-refractivity contribution >= 4 is 29.3 Å². The molecular formula is C20H23N3O3S. The average Bonchev–Trinajstić information content (AvgIpc) is 2.71. The zero-order valence-electron chi connectivity index (χ0n) is 15.5. The van der Waals surface area contributed by atoms with Crippen LogP contribution in [0.15, 0.2) is 47.4 Å². The summed E-state index contributed by atoms with van der Waals surface area (Å²) in [6, 6.07) is 13.4. The van der Waals surface area contributed by atoms with Gasteiger partial charge in [0.1, 0.15) is 5.75 Å². The first-order valence-electron chi connectivity index (χ1n) is 8.76. The molecule has 27 heavy (non-hydrogen) atoms. The molecule has 1 aliphatic heterocycles. The van der Waals surface area contributed by atoms with Gasteiger partial charge in [-0.1, -0.05) is 18.2 Å². The molecule has 0 bridgehead atoms. The summed E-state index contributed by atoms with van der Waals surface area (Å²) < 4.78 is 5.28. The number of para-hydroxylation sites is 1. The van der Waals surface area contributed by atoms with Crippen molar-refractivity contribution in [2.75, 3.05) is 31.4 Å². The fourth-order valence-electron chi connectivity index (χ4n) is 3.17. The molecule has 1 aliphatic rings. The maximum absolute atomic E-state index is 12.4. The summed E-state index contributed by atoms with van der Waals surface area (Å²) in [7, 11) is 1.52. The molecule has 2 N–H and O–H groups in total. The molecule has 2 aromatic rings. The quantitative estimate of drug-likeness (QED) is 0.612. The third-order valence-corrected chi connectivity index (χ3v) is 5.24. The molecule has 0 radical (unpaired) electrons. The number of anilines is 1. The number of carbonyl (C=O) groups is 2. The van der Waals surface area contributed by atoms with Gasteiger partial charge in [-0.05, 0) is 48.9 Å². The molecule has 0 fully saturated rings. The number of rotatable bonds is 5. The minimum atomic E-state index is -0.410. The van der Waals surface area contributed by atoms with E-state index in [0.29, 0.717) is 11.3 Å². The number of nitrogens with one attached hydrogen (secondary N) is 2. The Bertz CT molecular complexity index is 841. The number of nitrogens with zero attached hydrogens (tertiary/aromatic N) is 1. The van der Waals surface area contributed by atoms with Gasteiger partial charge >= 0.3 is 0 Å². The van der Waals surface area contributed by atoms with Gasteiger partial charge in [0.05, 0.1) is 19.2 Å². The molecule has 6 nitrogen and oxygen atoms in total. The summed E-state index contributed by atoms with van der Waals surface area (Å²) in [6.45, 7) is 1.02. The predicted molar refractivity (Wildman–Crippen MR) is 107 cm³/mol. The van der Waals surface area contributed by atoms with Crippen molar-refractivity contribution in [2.24, 2.45) is 0 Å². The number of amides is 2. The summed E-state index contributed by atoms with van der Waals surface area (Å²) >= 11 is 1.56. The van der Waals surface area contributed by atoms with Crippen LogP contribution in [0.1, 0.15) is 22.3 Å². The monoisotopic (exact) mass is 385 g/mol. The number of hydrogen-bond donors (Lipinski definition) is 2. The molecule has 0 saturated heterocycles. The van der Waals surface area contributed by atoms with Crippen LogP contribution in [0.2, 0.25) is 0 Å². The second-order valence-corrected chi connectivity index (χ2v) is 7.10. The molecule has 3 rings (SSSR count). The van der Waals surface area contributed by atoms with Crippen LogP contribution in [0.5, 0.6) is 5.75 Å². The minimum Gasteiger partial charge on any atom is -0.496 e. The summed E-state index contributed by atoms with van der Waals surface area (Å²) in [4.78, 5) is 27.7. The van der Waals surface area contributed by atoms with Gasteiger partial charge in [0, 0.05) is 17.1 Å². The van der Waals surface area contributed by atoms with Crippen LogP contribution in [0, 0.1) is 0 Å². The fourth-order valence-corrected chi connectivity index (χ4v) is 3.60. The van der Waals surface area contributed by atoms with E-state index in [9.17, 15) is 9.59 Å². The molecule has 7 heteroatoms. The lowest BCUT2D eigenvalue weighted by molar-refractivity contribution is -0.120. The van der Waals surface area contributed by atoms with Crippen molar-refractivity contribution in [3.8, 4) is 5.75 Å². The third kappa shape index (κ3) is 4.54. The van der Waals surface area contributed by atoms with Gasteiger partial charge in [0.25, 0.3) is 11.8 Å². The van der Waals surface area contributed by atoms with Crippen LogP contribution in [-0.4, -0.2) is 38.3 Å². The normalized spacial score (nSPS) is 12.9. The first kappa shape index (κ1) is 19.1. The summed E-state index contributed by atoms with van der Waals surface area (Å²) in [5, 5.41) is 0. The van der Waals surface area contributed by atoms with Crippen LogP contribution < -0.4 is 20.5 Å². The minimum absolute atomic E-state index is 0.194. The van der Waals surface area contributed by atoms with Crippen LogP contribution in [0.4, 0.5) is 5.69 Å². The highest BCUT2D eigenvalue weighted by molar-refractivity contribution is 7.98. The van der Waals surface area contributed by atoms with E-state index < -0.39 is 5.91 Å². The SMILES string of the molecule is COc1cc(SC)ccc1C(=O)NNC(=O)CN1CCCc2ccccc21. The van der Waals surface area contributed by atoms with Gasteiger partial charge in [0.2, 0.25) is 0 Å². The largest absolute Gasteiger partial charge is 0.496 e. The Morgan fingerprint density at radius 1 is 1.19 bits per heavy atom. The van der Waals surface area contributed by atoms with E-state index in [2.05, 4.69) is 16.9 Å². The Morgan fingerprint density at radius 3 is 2.78 bits per heavy atom. The van der Waals surface area contributed by atoms with Crippen molar-refractivity contribution in [2.45, 2.75) is 17.7 Å². The van der Waals surface area contributed by atoms with E-state index in [-0.39, 0.29) is 12.5 Å². The number of thioether (sulfide) groups is 1. The molecule has 2 amide bonds. The molecule has 0 atom stereocenters. The summed E-state index contributed by atoms with van der Waals surface area (Å²) in [5.41, 5.74) is 7.68. The number of hydrogen-bond acceptors (Lipinski definition) is 5. The summed E-state index contributed by atoms with van der Waals surface area (Å²) in [6.07, 6.45) is 3.99. The van der Waals surface area contributed by atoms with Crippen molar-refractivity contribution in [3.63, 3.8) is 0 Å². The number of carbonyl (C=O) groups excluding carboxylic acids is 2. The Kier molecular flexibility index (Phi) is 6.24. The highest BCUT2D eigenvalue weighted by atomic mass is 32.2. The number of fused-ring (bicyclic) bond motifs is 1. The number of methoxy groups -OCH3 is 1. The maximum Gasteiger partial charge on any atom is 0.273 e. The van der Waals surface area contributed by atoms with E-state index >= 15 is 0 Å². The molecule has 0 unspecified atom stereocenters. The number of benzene rings is 2. The molecule has 0 saturated carbocycles. The van der Waals surface area contributed by atoms with E-state index in [1.165, 1.54) is 12.7 Å². The Hall–Kier alpha value is -2.67. The lowest BCUT2D eigenvalue weighted by Gasteiger charge is -2.30. The topological polar surface area (TPSA) is 70.7 Å². The highest BCUT2D eigenvalue weighted by Crippen LogP contribution is 2.26. The number of ether oxygens (including phenoxy) is 1. The Morgan fingerprint density at radius 2 is 2.00 bits per heavy atom. The third-order valence-electron chi connectivity index (χ3n) is 4.51. The van der Waals surface area contributed by atoms with Crippen molar-refractivity contribution in [1.29, 1.82) is 0 Å². The van der Waals surface area contributed by atoms with Gasteiger partial charge in [-0.25, -0.2) is 0 Å². The van der Waals surface area contributed by atoms with Gasteiger partial charge in [-0.15, -0.1) is 11.8 Å². The second kappa shape index (κ2) is 8.81. The number of aryl methyl sites for hydroxylation is 1. The molecule has 1 heterocycles. The lowest BCUT2D eigenvalue weighted by atomic mass is 10.0. The zero-order valence-corrected chi connectivity index (χ0v) is 16.3. The summed E-state index contributed by atoms with van der Waals surface area (Å²) in [5.74, 6) is -0.204. The van der Waals surface area contributed by atoms with E-state index in [1.807, 2.05) is 35.4 Å². The molecule has 0 aliphatic carbocycles. The molecule has 0 spiro atoms. The molecule has 142 valence electrons. The lowest BCUT2D eigenvalue weighted by Crippen LogP contribution is -2.47. The first-order chi connectivity index (χ1) is 13.1. The van der Waals surface area contributed by atoms with Crippen LogP contribution in [0.3, 0.4) is 0 Å². The molecule has 0 aromatic heterocycles. The van der Waals surface area contributed by atoms with Gasteiger partial charge < -0.3 is 9.64 Å². The predicted octanol–water partition coefficient (Wildman–Crippen LogP) is 2.63. The Balaban J connectivity index is 1.59. The van der Waals surface area contributed by atoms with Crippen LogP contribution in [-0.2, 0) is 11.2 Å². The zero-order chi connectivity index (χ0) is 19.2. The first-order valence-corrected chi connectivity index (χ1v) is 9.99. The van der Waals surface area contributed by atoms with Gasteiger partial charge in [0.15, 0.2) is 0 Å². The fraction of sp³-hybridized carbons (Fsp3) is 0.300. The Labute approximate surface area is 163 Å². The molecular weight excluding hydrogens is 362 g/mol. The second-order valence-electron chi connectivity index (χ2n) is 6.22. The highest BCUT2D eigenvalue weighted by Gasteiger charge is 2.19. The van der Waals surface area contributed by atoms with Crippen LogP contribution in [0.25, 0.3) is 0 Å². The number of hydrazine groups is 1. The van der Waals surface area contributed by atoms with E-state index in [1.54, 1.807) is 23.9 Å². The van der Waals surface area contributed by atoms with Gasteiger partial charge in [-0.3, -0.25) is 20.4 Å². The van der Waals surface area contributed by atoms with Crippen molar-refractivity contribution in [3.05, 3.63) is 53.6 Å². The maximum atomic E-state index is 12.4.